The molecule has 0 fully saturated rings. The van der Waals surface area contributed by atoms with E-state index in [4.69, 9.17) is 0 Å². The van der Waals surface area contributed by atoms with Crippen molar-refractivity contribution in [2.45, 2.75) is 0 Å². The Kier molecular flexibility index (Phi) is 8.13. The highest BCUT2D eigenvalue weighted by atomic mass is 35.5. The fraction of sp³-hybridized carbons (Fsp3) is 0. The first-order chi connectivity index (χ1) is 4.97. The van der Waals surface area contributed by atoms with Crippen LogP contribution in [0.4, 0.5) is 0 Å². The Balaban J connectivity index is 0. The highest BCUT2D eigenvalue weighted by Crippen LogP contribution is 2.11. The van der Waals surface area contributed by atoms with Crippen molar-refractivity contribution in [1.82, 2.24) is 0 Å². The number of hydrogen-bond donors (Lipinski definition) is 0. The summed E-state index contributed by atoms with van der Waals surface area (Å²) in [6, 6.07) is 16.7. The molecular weight excluding hydrogens is 226 g/mol. The summed E-state index contributed by atoms with van der Waals surface area (Å²) < 4.78 is 0. The zero-order valence-corrected chi connectivity index (χ0v) is 9.29. The van der Waals surface area contributed by atoms with E-state index in [1.165, 1.54) is 10.8 Å². The molecule has 13 heavy (non-hydrogen) atoms. The molecule has 0 heterocycles. The van der Waals surface area contributed by atoms with Crippen LogP contribution in [-0.4, -0.2) is 0 Å². The molecule has 72 valence electrons. The summed E-state index contributed by atoms with van der Waals surface area (Å²) in [5.74, 6) is 0. The van der Waals surface area contributed by atoms with Crippen LogP contribution in [-0.2, 0) is 0 Å². The molecule has 0 aromatic heterocycles. The van der Waals surface area contributed by atoms with E-state index in [-0.39, 0.29) is 37.2 Å². The third kappa shape index (κ3) is 3.43. The number of halogens is 3. The van der Waals surface area contributed by atoms with Crippen molar-refractivity contribution in [1.29, 1.82) is 0 Å². The van der Waals surface area contributed by atoms with Gasteiger partial charge in [-0.2, -0.15) is 0 Å². The van der Waals surface area contributed by atoms with E-state index in [2.05, 4.69) is 48.5 Å². The largest absolute Gasteiger partial charge is 0.147 e. The Morgan fingerprint density at radius 1 is 0.462 bits per heavy atom. The average Bonchev–Trinajstić information content (AvgIpc) is 2.05. The molecular formula is C10H11Cl3. The van der Waals surface area contributed by atoms with Gasteiger partial charge in [-0.15, -0.1) is 37.2 Å². The third-order valence-corrected chi connectivity index (χ3v) is 1.66. The summed E-state index contributed by atoms with van der Waals surface area (Å²) in [5, 5.41) is 2.62. The lowest BCUT2D eigenvalue weighted by Gasteiger charge is -1.92. The summed E-state index contributed by atoms with van der Waals surface area (Å²) in [7, 11) is 0. The van der Waals surface area contributed by atoms with Gasteiger partial charge in [0.05, 0.1) is 0 Å². The van der Waals surface area contributed by atoms with Crippen molar-refractivity contribution < 1.29 is 0 Å². The quantitative estimate of drug-likeness (QED) is 0.647. The van der Waals surface area contributed by atoms with Crippen LogP contribution in [0.25, 0.3) is 10.8 Å². The smallest absolute Gasteiger partial charge is 0.0184 e. The van der Waals surface area contributed by atoms with Crippen molar-refractivity contribution >= 4 is 48.0 Å². The van der Waals surface area contributed by atoms with E-state index >= 15 is 0 Å². The molecule has 2 aromatic rings. The number of rotatable bonds is 0. The molecule has 0 aliphatic heterocycles. The second-order valence-corrected chi connectivity index (χ2v) is 2.35. The Morgan fingerprint density at radius 3 is 0.923 bits per heavy atom. The van der Waals surface area contributed by atoms with Crippen molar-refractivity contribution in [2.24, 2.45) is 0 Å². The molecule has 0 spiro atoms. The van der Waals surface area contributed by atoms with E-state index in [9.17, 15) is 0 Å². The van der Waals surface area contributed by atoms with Crippen molar-refractivity contribution in [3.8, 4) is 0 Å². The fourth-order valence-corrected chi connectivity index (χ4v) is 1.13. The first-order valence-corrected chi connectivity index (χ1v) is 3.40. The third-order valence-electron chi connectivity index (χ3n) is 1.66. The van der Waals surface area contributed by atoms with Crippen molar-refractivity contribution in [2.75, 3.05) is 0 Å². The van der Waals surface area contributed by atoms with Crippen molar-refractivity contribution in [3.63, 3.8) is 0 Å². The average molecular weight is 238 g/mol. The maximum atomic E-state index is 2.12. The van der Waals surface area contributed by atoms with Gasteiger partial charge in [-0.05, 0) is 10.8 Å². The van der Waals surface area contributed by atoms with Gasteiger partial charge < -0.3 is 0 Å². The molecule has 2 rings (SSSR count). The number of fused-ring (bicyclic) bond motifs is 1. The Hall–Kier alpha value is -0.430. The van der Waals surface area contributed by atoms with Crippen LogP contribution in [0.5, 0.6) is 0 Å². The normalized spacial score (nSPS) is 7.69. The molecule has 3 heteroatoms. The minimum Gasteiger partial charge on any atom is -0.147 e. The van der Waals surface area contributed by atoms with Gasteiger partial charge in [0.1, 0.15) is 0 Å². The molecule has 0 nitrogen and oxygen atoms in total. The Bertz CT molecular complexity index is 281. The van der Waals surface area contributed by atoms with Gasteiger partial charge in [-0.1, -0.05) is 48.5 Å². The fourth-order valence-electron chi connectivity index (χ4n) is 1.13. The molecule has 0 aliphatic rings. The number of hydrogen-bond acceptors (Lipinski definition) is 0. The summed E-state index contributed by atoms with van der Waals surface area (Å²) in [6.07, 6.45) is 0. The number of benzene rings is 2. The van der Waals surface area contributed by atoms with Crippen LogP contribution < -0.4 is 0 Å². The topological polar surface area (TPSA) is 0 Å². The van der Waals surface area contributed by atoms with Gasteiger partial charge in [0.2, 0.25) is 0 Å². The highest BCUT2D eigenvalue weighted by Gasteiger charge is 1.85. The first kappa shape index (κ1) is 15.1. The lowest BCUT2D eigenvalue weighted by atomic mass is 10.1. The molecule has 0 atom stereocenters. The molecule has 0 radical (unpaired) electrons. The lowest BCUT2D eigenvalue weighted by Crippen LogP contribution is -1.67. The molecule has 0 amide bonds. The van der Waals surface area contributed by atoms with Crippen LogP contribution in [0.2, 0.25) is 0 Å². The summed E-state index contributed by atoms with van der Waals surface area (Å²) in [6.45, 7) is 0. The first-order valence-electron chi connectivity index (χ1n) is 3.40. The van der Waals surface area contributed by atoms with E-state index in [0.717, 1.165) is 0 Å². The van der Waals surface area contributed by atoms with Crippen LogP contribution in [0.3, 0.4) is 0 Å². The molecule has 0 N–H and O–H groups in total. The molecule has 0 saturated heterocycles. The maximum Gasteiger partial charge on any atom is -0.0184 e. The monoisotopic (exact) mass is 236 g/mol. The van der Waals surface area contributed by atoms with Crippen LogP contribution >= 0.6 is 37.2 Å². The summed E-state index contributed by atoms with van der Waals surface area (Å²) >= 11 is 0. The second kappa shape index (κ2) is 7.02. The van der Waals surface area contributed by atoms with Gasteiger partial charge in [0.15, 0.2) is 0 Å². The molecule has 0 bridgehead atoms. The molecule has 0 unspecified atom stereocenters. The van der Waals surface area contributed by atoms with Crippen LogP contribution in [0.15, 0.2) is 48.5 Å². The molecule has 0 saturated carbocycles. The second-order valence-electron chi connectivity index (χ2n) is 2.35. The highest BCUT2D eigenvalue weighted by molar-refractivity contribution is 5.86. The van der Waals surface area contributed by atoms with E-state index in [1.54, 1.807) is 0 Å². The predicted molar refractivity (Wildman–Crippen MR) is 65.7 cm³/mol. The van der Waals surface area contributed by atoms with Gasteiger partial charge in [0.25, 0.3) is 0 Å². The summed E-state index contributed by atoms with van der Waals surface area (Å²) in [5.41, 5.74) is 0. The van der Waals surface area contributed by atoms with Crippen LogP contribution in [0, 0.1) is 0 Å². The van der Waals surface area contributed by atoms with Crippen LogP contribution in [0.1, 0.15) is 0 Å². The van der Waals surface area contributed by atoms with E-state index < -0.39 is 0 Å². The minimum absolute atomic E-state index is 0. The zero-order valence-electron chi connectivity index (χ0n) is 6.84. The Labute approximate surface area is 96.6 Å². The summed E-state index contributed by atoms with van der Waals surface area (Å²) in [4.78, 5) is 0. The Morgan fingerprint density at radius 2 is 0.692 bits per heavy atom. The standard InChI is InChI=1S/C10H8.3ClH/c1-2-6-10-8-4-3-7-9(10)5-1;;;/h1-8H;3*1H. The molecule has 0 aliphatic carbocycles. The lowest BCUT2D eigenvalue weighted by molar-refractivity contribution is 1.75. The van der Waals surface area contributed by atoms with E-state index in [0.29, 0.717) is 0 Å². The van der Waals surface area contributed by atoms with Gasteiger partial charge >= 0.3 is 0 Å². The predicted octanol–water partition coefficient (Wildman–Crippen LogP) is 4.11. The molecule has 2 aromatic carbocycles. The maximum absolute atomic E-state index is 2.12. The van der Waals surface area contributed by atoms with Gasteiger partial charge in [0, 0.05) is 0 Å². The van der Waals surface area contributed by atoms with Gasteiger partial charge in [-0.25, -0.2) is 0 Å². The minimum atomic E-state index is 0. The van der Waals surface area contributed by atoms with Gasteiger partial charge in [-0.3, -0.25) is 0 Å². The van der Waals surface area contributed by atoms with Crippen molar-refractivity contribution in [3.05, 3.63) is 48.5 Å². The SMILES string of the molecule is Cl.Cl.Cl.c1ccc2ccccc2c1. The zero-order chi connectivity index (χ0) is 6.81. The van der Waals surface area contributed by atoms with E-state index in [1.807, 2.05) is 0 Å².